The van der Waals surface area contributed by atoms with E-state index in [1.54, 1.807) is 25.3 Å². The van der Waals surface area contributed by atoms with E-state index in [2.05, 4.69) is 0 Å². The zero-order valence-corrected chi connectivity index (χ0v) is 16.3. The first-order valence-electron chi connectivity index (χ1n) is 9.72. The summed E-state index contributed by atoms with van der Waals surface area (Å²) in [6.45, 7) is 4.27. The van der Waals surface area contributed by atoms with Crippen molar-refractivity contribution in [1.82, 2.24) is 4.90 Å². The highest BCUT2D eigenvalue weighted by molar-refractivity contribution is 5.95. The molecule has 4 rings (SSSR count). The summed E-state index contributed by atoms with van der Waals surface area (Å²) in [4.78, 5) is 15.2. The van der Waals surface area contributed by atoms with Gasteiger partial charge in [0.15, 0.2) is 23.0 Å². The fourth-order valence-electron chi connectivity index (χ4n) is 3.87. The van der Waals surface area contributed by atoms with Crippen molar-refractivity contribution in [2.75, 3.05) is 33.5 Å². The van der Waals surface area contributed by atoms with Gasteiger partial charge in [-0.15, -0.1) is 0 Å². The number of nitrogens with zero attached hydrogens (tertiary/aromatic N) is 1. The van der Waals surface area contributed by atoms with Crippen LogP contribution in [0.3, 0.4) is 0 Å². The summed E-state index contributed by atoms with van der Waals surface area (Å²) in [6, 6.07) is 11.3. The molecule has 0 bridgehead atoms. The highest BCUT2D eigenvalue weighted by Gasteiger charge is 2.32. The Hall–Kier alpha value is -2.89. The molecule has 0 N–H and O–H groups in total. The summed E-state index contributed by atoms with van der Waals surface area (Å²) in [5.74, 6) is 2.74. The Bertz CT molecular complexity index is 866. The summed E-state index contributed by atoms with van der Waals surface area (Å²) >= 11 is 0. The molecule has 6 heteroatoms. The molecule has 1 saturated heterocycles. The summed E-state index contributed by atoms with van der Waals surface area (Å²) < 4.78 is 22.3. The first-order chi connectivity index (χ1) is 13.7. The average Bonchev–Trinajstić information content (AvgIpc) is 3.23. The molecule has 1 atom stereocenters. The molecule has 148 valence electrons. The van der Waals surface area contributed by atoms with Crippen molar-refractivity contribution in [1.29, 1.82) is 0 Å². The third-order valence-electron chi connectivity index (χ3n) is 5.18. The number of rotatable bonds is 5. The Morgan fingerprint density at radius 2 is 1.93 bits per heavy atom. The first-order valence-corrected chi connectivity index (χ1v) is 9.72. The maximum absolute atomic E-state index is 13.2. The molecular formula is C22H25NO5. The van der Waals surface area contributed by atoms with Crippen molar-refractivity contribution >= 4 is 5.91 Å². The maximum atomic E-state index is 13.2. The Morgan fingerprint density at radius 1 is 1.11 bits per heavy atom. The van der Waals surface area contributed by atoms with Gasteiger partial charge >= 0.3 is 0 Å². The quantitative estimate of drug-likeness (QED) is 0.785. The van der Waals surface area contributed by atoms with Crippen LogP contribution in [-0.4, -0.2) is 44.3 Å². The second-order valence-corrected chi connectivity index (χ2v) is 6.86. The molecule has 0 saturated carbocycles. The molecule has 2 aliphatic rings. The van der Waals surface area contributed by atoms with Gasteiger partial charge in [-0.05, 0) is 55.7 Å². The van der Waals surface area contributed by atoms with Crippen LogP contribution in [0.4, 0.5) is 0 Å². The highest BCUT2D eigenvalue weighted by atomic mass is 16.6. The number of carbonyl (C=O) groups excluding carboxylic acids is 1. The van der Waals surface area contributed by atoms with Crippen molar-refractivity contribution in [3.8, 4) is 23.0 Å². The van der Waals surface area contributed by atoms with Crippen molar-refractivity contribution in [2.24, 2.45) is 0 Å². The molecule has 0 radical (unpaired) electrons. The maximum Gasteiger partial charge on any atom is 0.254 e. The molecule has 0 aliphatic carbocycles. The number of benzene rings is 2. The summed E-state index contributed by atoms with van der Waals surface area (Å²) in [5.41, 5.74) is 1.68. The number of carbonyl (C=O) groups is 1. The van der Waals surface area contributed by atoms with Crippen LogP contribution in [0.5, 0.6) is 23.0 Å². The molecule has 2 aromatic carbocycles. The number of ether oxygens (including phenoxy) is 4. The number of methoxy groups -OCH3 is 1. The number of likely N-dealkylation sites (tertiary alicyclic amines) is 1. The van der Waals surface area contributed by atoms with Gasteiger partial charge in [0.1, 0.15) is 13.2 Å². The van der Waals surface area contributed by atoms with E-state index in [9.17, 15) is 4.79 Å². The second kappa shape index (κ2) is 8.00. The van der Waals surface area contributed by atoms with Crippen LogP contribution in [-0.2, 0) is 0 Å². The highest BCUT2D eigenvalue weighted by Crippen LogP contribution is 2.39. The van der Waals surface area contributed by atoms with E-state index in [0.717, 1.165) is 36.4 Å². The molecule has 1 amide bonds. The fourth-order valence-corrected chi connectivity index (χ4v) is 3.87. The van der Waals surface area contributed by atoms with Crippen LogP contribution in [0.15, 0.2) is 36.4 Å². The van der Waals surface area contributed by atoms with Gasteiger partial charge in [0.2, 0.25) is 0 Å². The lowest BCUT2D eigenvalue weighted by Crippen LogP contribution is -2.30. The van der Waals surface area contributed by atoms with Crippen molar-refractivity contribution in [3.05, 3.63) is 47.5 Å². The van der Waals surface area contributed by atoms with E-state index in [1.807, 2.05) is 30.0 Å². The van der Waals surface area contributed by atoms with Gasteiger partial charge in [0, 0.05) is 12.1 Å². The Balaban J connectivity index is 1.59. The molecule has 0 spiro atoms. The molecule has 2 aromatic rings. The topological polar surface area (TPSA) is 57.2 Å². The monoisotopic (exact) mass is 383 g/mol. The third kappa shape index (κ3) is 3.46. The molecule has 1 fully saturated rings. The van der Waals surface area contributed by atoms with Gasteiger partial charge in [-0.2, -0.15) is 0 Å². The van der Waals surface area contributed by atoms with E-state index in [1.165, 1.54) is 0 Å². The standard InChI is InChI=1S/C22H25NO5/c1-3-26-20-14-16(7-8-18(20)25-2)22(24)23-10-4-5-17(23)15-6-9-19-21(13-15)28-12-11-27-19/h6-9,13-14,17H,3-5,10-12H2,1-2H3/t17-/m0/s1. The van der Waals surface area contributed by atoms with Crippen LogP contribution < -0.4 is 18.9 Å². The van der Waals surface area contributed by atoms with Crippen molar-refractivity contribution in [3.63, 3.8) is 0 Å². The minimum absolute atomic E-state index is 0.000921. The molecule has 0 unspecified atom stereocenters. The molecule has 2 aliphatic heterocycles. The zero-order chi connectivity index (χ0) is 19.5. The zero-order valence-electron chi connectivity index (χ0n) is 16.3. The Morgan fingerprint density at radius 3 is 2.71 bits per heavy atom. The van der Waals surface area contributed by atoms with Gasteiger partial charge in [-0.1, -0.05) is 6.07 Å². The predicted molar refractivity (Wildman–Crippen MR) is 105 cm³/mol. The normalized spacial score (nSPS) is 18.1. The Labute approximate surface area is 165 Å². The number of hydrogen-bond donors (Lipinski definition) is 0. The van der Waals surface area contributed by atoms with E-state index in [-0.39, 0.29) is 11.9 Å². The van der Waals surface area contributed by atoms with Crippen LogP contribution in [0.25, 0.3) is 0 Å². The van der Waals surface area contributed by atoms with E-state index in [4.69, 9.17) is 18.9 Å². The van der Waals surface area contributed by atoms with Crippen molar-refractivity contribution in [2.45, 2.75) is 25.8 Å². The van der Waals surface area contributed by atoms with Crippen LogP contribution in [0, 0.1) is 0 Å². The molecule has 28 heavy (non-hydrogen) atoms. The lowest BCUT2D eigenvalue weighted by Gasteiger charge is -2.27. The average molecular weight is 383 g/mol. The van der Waals surface area contributed by atoms with Gasteiger partial charge in [0.25, 0.3) is 5.91 Å². The largest absolute Gasteiger partial charge is 0.493 e. The van der Waals surface area contributed by atoms with Crippen LogP contribution in [0.1, 0.15) is 41.7 Å². The van der Waals surface area contributed by atoms with Gasteiger partial charge in [0.05, 0.1) is 19.8 Å². The number of fused-ring (bicyclic) bond motifs is 1. The Kier molecular flexibility index (Phi) is 5.28. The fraction of sp³-hybridized carbons (Fsp3) is 0.409. The first kappa shape index (κ1) is 18.5. The molecule has 0 aromatic heterocycles. The smallest absolute Gasteiger partial charge is 0.254 e. The second-order valence-electron chi connectivity index (χ2n) is 6.86. The van der Waals surface area contributed by atoms with Gasteiger partial charge in [-0.25, -0.2) is 0 Å². The van der Waals surface area contributed by atoms with Crippen LogP contribution in [0.2, 0.25) is 0 Å². The van der Waals surface area contributed by atoms with E-state index in [0.29, 0.717) is 36.9 Å². The lowest BCUT2D eigenvalue weighted by molar-refractivity contribution is 0.0734. The van der Waals surface area contributed by atoms with E-state index >= 15 is 0 Å². The molecule has 6 nitrogen and oxygen atoms in total. The number of hydrogen-bond acceptors (Lipinski definition) is 5. The third-order valence-corrected chi connectivity index (χ3v) is 5.18. The summed E-state index contributed by atoms with van der Waals surface area (Å²) in [5, 5.41) is 0. The van der Waals surface area contributed by atoms with Crippen molar-refractivity contribution < 1.29 is 23.7 Å². The SMILES string of the molecule is CCOc1cc(C(=O)N2CCC[C@H]2c2ccc3c(c2)OCCO3)ccc1OC. The molecular weight excluding hydrogens is 358 g/mol. The predicted octanol–water partition coefficient (Wildman–Crippen LogP) is 3.84. The summed E-state index contributed by atoms with van der Waals surface area (Å²) in [6.07, 6.45) is 1.90. The minimum Gasteiger partial charge on any atom is -0.493 e. The van der Waals surface area contributed by atoms with E-state index < -0.39 is 0 Å². The van der Waals surface area contributed by atoms with Gasteiger partial charge < -0.3 is 23.8 Å². The summed E-state index contributed by atoms with van der Waals surface area (Å²) in [7, 11) is 1.59. The number of amides is 1. The minimum atomic E-state index is 0.000921. The molecule has 2 heterocycles. The van der Waals surface area contributed by atoms with Crippen LogP contribution >= 0.6 is 0 Å². The lowest BCUT2D eigenvalue weighted by atomic mass is 10.0. The van der Waals surface area contributed by atoms with Gasteiger partial charge in [-0.3, -0.25) is 4.79 Å².